The number of rotatable bonds is 6. The van der Waals surface area contributed by atoms with Crippen LogP contribution in [-0.2, 0) is 17.6 Å². The summed E-state index contributed by atoms with van der Waals surface area (Å²) in [5.74, 6) is -0.168. The van der Waals surface area contributed by atoms with Crippen LogP contribution in [0.1, 0.15) is 28.7 Å². The van der Waals surface area contributed by atoms with Gasteiger partial charge in [-0.15, -0.1) is 0 Å². The average molecular weight is 299 g/mol. The number of benzene rings is 2. The summed E-state index contributed by atoms with van der Waals surface area (Å²) in [6.07, 6.45) is 2.11. The number of nitrogens with one attached hydrogen (secondary N) is 1. The summed E-state index contributed by atoms with van der Waals surface area (Å²) in [7, 11) is 0. The third kappa shape index (κ3) is 4.99. The zero-order chi connectivity index (χ0) is 15.9. The lowest BCUT2D eigenvalue weighted by atomic mass is 10.0. The highest BCUT2D eigenvalue weighted by Gasteiger charge is 2.06. The highest BCUT2D eigenvalue weighted by molar-refractivity contribution is 5.78. The molecule has 2 rings (SSSR count). The molecule has 1 amide bonds. The van der Waals surface area contributed by atoms with Crippen molar-refractivity contribution in [3.05, 3.63) is 70.5 Å². The third-order valence-corrected chi connectivity index (χ3v) is 3.73. The minimum atomic E-state index is -0.217. The Bertz CT molecular complexity index is 634. The molecular formula is C19H22FNO. The Hall–Kier alpha value is -2.16. The second-order valence-corrected chi connectivity index (χ2v) is 5.69. The van der Waals surface area contributed by atoms with Crippen LogP contribution in [0.5, 0.6) is 0 Å². The van der Waals surface area contributed by atoms with Crippen LogP contribution in [-0.4, -0.2) is 12.5 Å². The number of carbonyl (C=O) groups excluding carboxylic acids is 1. The van der Waals surface area contributed by atoms with E-state index in [0.717, 1.165) is 29.5 Å². The molecule has 116 valence electrons. The van der Waals surface area contributed by atoms with Gasteiger partial charge in [-0.1, -0.05) is 35.9 Å². The SMILES string of the molecule is Cc1ccc(C)c(CC(=O)NCCCc2ccc(F)cc2)c1. The number of amides is 1. The van der Waals surface area contributed by atoms with Gasteiger partial charge < -0.3 is 5.32 Å². The van der Waals surface area contributed by atoms with E-state index in [0.29, 0.717) is 13.0 Å². The Balaban J connectivity index is 1.74. The van der Waals surface area contributed by atoms with Crippen LogP contribution in [0.15, 0.2) is 42.5 Å². The summed E-state index contributed by atoms with van der Waals surface area (Å²) in [5, 5.41) is 2.95. The van der Waals surface area contributed by atoms with Gasteiger partial charge in [0.05, 0.1) is 6.42 Å². The van der Waals surface area contributed by atoms with Crippen LogP contribution in [0.3, 0.4) is 0 Å². The van der Waals surface area contributed by atoms with Gasteiger partial charge in [-0.05, 0) is 55.5 Å². The average Bonchev–Trinajstić information content (AvgIpc) is 2.49. The Kier molecular flexibility index (Phi) is 5.70. The van der Waals surface area contributed by atoms with Gasteiger partial charge >= 0.3 is 0 Å². The summed E-state index contributed by atoms with van der Waals surface area (Å²) in [5.41, 5.74) is 4.48. The van der Waals surface area contributed by atoms with Crippen LogP contribution in [0, 0.1) is 19.7 Å². The first-order chi connectivity index (χ1) is 10.5. The maximum absolute atomic E-state index is 12.8. The molecule has 0 bridgehead atoms. The highest BCUT2D eigenvalue weighted by atomic mass is 19.1. The molecule has 1 N–H and O–H groups in total. The van der Waals surface area contributed by atoms with E-state index in [1.807, 2.05) is 19.9 Å². The van der Waals surface area contributed by atoms with E-state index in [2.05, 4.69) is 17.4 Å². The topological polar surface area (TPSA) is 29.1 Å². The van der Waals surface area contributed by atoms with Crippen LogP contribution in [0.4, 0.5) is 4.39 Å². The van der Waals surface area contributed by atoms with Crippen molar-refractivity contribution < 1.29 is 9.18 Å². The summed E-state index contributed by atoms with van der Waals surface area (Å²) in [6, 6.07) is 12.7. The predicted molar refractivity (Wildman–Crippen MR) is 87.4 cm³/mol. The molecule has 0 atom stereocenters. The van der Waals surface area contributed by atoms with E-state index in [1.165, 1.54) is 17.7 Å². The van der Waals surface area contributed by atoms with E-state index in [1.54, 1.807) is 12.1 Å². The lowest BCUT2D eigenvalue weighted by molar-refractivity contribution is -0.120. The van der Waals surface area contributed by atoms with Crippen molar-refractivity contribution in [1.82, 2.24) is 5.32 Å². The molecule has 0 aliphatic carbocycles. The summed E-state index contributed by atoms with van der Waals surface area (Å²) >= 11 is 0. The van der Waals surface area contributed by atoms with Gasteiger partial charge in [0.15, 0.2) is 0 Å². The highest BCUT2D eigenvalue weighted by Crippen LogP contribution is 2.11. The van der Waals surface area contributed by atoms with Crippen LogP contribution >= 0.6 is 0 Å². The lowest BCUT2D eigenvalue weighted by Gasteiger charge is -2.08. The minimum absolute atomic E-state index is 0.0489. The maximum atomic E-state index is 12.8. The first-order valence-corrected chi connectivity index (χ1v) is 7.62. The molecule has 0 saturated heterocycles. The summed E-state index contributed by atoms with van der Waals surface area (Å²) in [6.45, 7) is 4.70. The summed E-state index contributed by atoms with van der Waals surface area (Å²) < 4.78 is 12.8. The molecule has 0 unspecified atom stereocenters. The quantitative estimate of drug-likeness (QED) is 0.809. The second kappa shape index (κ2) is 7.74. The van der Waals surface area contributed by atoms with Gasteiger partial charge in [-0.25, -0.2) is 4.39 Å². The van der Waals surface area contributed by atoms with Gasteiger partial charge in [-0.2, -0.15) is 0 Å². The molecule has 3 heteroatoms. The van der Waals surface area contributed by atoms with Crippen molar-refractivity contribution in [3.8, 4) is 0 Å². The van der Waals surface area contributed by atoms with Crippen LogP contribution < -0.4 is 5.32 Å². The molecule has 0 aliphatic heterocycles. The minimum Gasteiger partial charge on any atom is -0.356 e. The fourth-order valence-corrected chi connectivity index (χ4v) is 2.40. The van der Waals surface area contributed by atoms with E-state index in [-0.39, 0.29) is 11.7 Å². The molecular weight excluding hydrogens is 277 g/mol. The molecule has 22 heavy (non-hydrogen) atoms. The van der Waals surface area contributed by atoms with E-state index < -0.39 is 0 Å². The maximum Gasteiger partial charge on any atom is 0.224 e. The van der Waals surface area contributed by atoms with Crippen LogP contribution in [0.2, 0.25) is 0 Å². The smallest absolute Gasteiger partial charge is 0.224 e. The number of hydrogen-bond donors (Lipinski definition) is 1. The van der Waals surface area contributed by atoms with E-state index in [9.17, 15) is 9.18 Å². The first-order valence-electron chi connectivity index (χ1n) is 7.62. The molecule has 0 aliphatic rings. The van der Waals surface area contributed by atoms with Gasteiger partial charge in [0.1, 0.15) is 5.82 Å². The molecule has 2 aromatic rings. The molecule has 0 spiro atoms. The van der Waals surface area contributed by atoms with E-state index >= 15 is 0 Å². The van der Waals surface area contributed by atoms with Crippen molar-refractivity contribution in [2.45, 2.75) is 33.1 Å². The standard InChI is InChI=1S/C19H22FNO/c1-14-5-6-15(2)17(12-14)13-19(22)21-11-3-4-16-7-9-18(20)10-8-16/h5-10,12H,3-4,11,13H2,1-2H3,(H,21,22). The van der Waals surface area contributed by atoms with Crippen molar-refractivity contribution in [2.24, 2.45) is 0 Å². The molecule has 0 radical (unpaired) electrons. The van der Waals surface area contributed by atoms with Crippen LogP contribution in [0.25, 0.3) is 0 Å². The van der Waals surface area contributed by atoms with Crippen molar-refractivity contribution >= 4 is 5.91 Å². The van der Waals surface area contributed by atoms with Crippen molar-refractivity contribution in [1.29, 1.82) is 0 Å². The van der Waals surface area contributed by atoms with Crippen molar-refractivity contribution in [3.63, 3.8) is 0 Å². The number of hydrogen-bond acceptors (Lipinski definition) is 1. The number of halogens is 1. The Labute approximate surface area is 131 Å². The van der Waals surface area contributed by atoms with Gasteiger partial charge in [0.25, 0.3) is 0 Å². The largest absolute Gasteiger partial charge is 0.356 e. The molecule has 0 fully saturated rings. The summed E-state index contributed by atoms with van der Waals surface area (Å²) in [4.78, 5) is 12.0. The van der Waals surface area contributed by atoms with Gasteiger partial charge in [0.2, 0.25) is 5.91 Å². The molecule has 0 saturated carbocycles. The zero-order valence-electron chi connectivity index (χ0n) is 13.2. The second-order valence-electron chi connectivity index (χ2n) is 5.69. The Morgan fingerprint density at radius 3 is 2.55 bits per heavy atom. The Morgan fingerprint density at radius 1 is 1.09 bits per heavy atom. The van der Waals surface area contributed by atoms with Gasteiger partial charge in [0, 0.05) is 6.54 Å². The normalized spacial score (nSPS) is 10.5. The van der Waals surface area contributed by atoms with Gasteiger partial charge in [-0.3, -0.25) is 4.79 Å². The fraction of sp³-hybridized carbons (Fsp3) is 0.316. The number of carbonyl (C=O) groups is 1. The fourth-order valence-electron chi connectivity index (χ4n) is 2.40. The molecule has 0 aromatic heterocycles. The van der Waals surface area contributed by atoms with E-state index in [4.69, 9.17) is 0 Å². The third-order valence-electron chi connectivity index (χ3n) is 3.73. The first kappa shape index (κ1) is 16.2. The lowest BCUT2D eigenvalue weighted by Crippen LogP contribution is -2.26. The predicted octanol–water partition coefficient (Wildman–Crippen LogP) is 3.73. The Morgan fingerprint density at radius 2 is 1.82 bits per heavy atom. The zero-order valence-corrected chi connectivity index (χ0v) is 13.2. The molecule has 2 aromatic carbocycles. The molecule has 2 nitrogen and oxygen atoms in total. The monoisotopic (exact) mass is 299 g/mol. The number of aryl methyl sites for hydroxylation is 3. The molecule has 0 heterocycles. The van der Waals surface area contributed by atoms with Crippen molar-refractivity contribution in [2.75, 3.05) is 6.54 Å².